The van der Waals surface area contributed by atoms with Crippen LogP contribution in [0.3, 0.4) is 0 Å². The van der Waals surface area contributed by atoms with E-state index >= 15 is 0 Å². The van der Waals surface area contributed by atoms with Gasteiger partial charge in [0.1, 0.15) is 0 Å². The van der Waals surface area contributed by atoms with Gasteiger partial charge in [-0.25, -0.2) is 4.79 Å². The normalized spacial score (nSPS) is 12.0. The van der Waals surface area contributed by atoms with Crippen molar-refractivity contribution in [2.75, 3.05) is 0 Å². The molecule has 0 aliphatic carbocycles. The van der Waals surface area contributed by atoms with Gasteiger partial charge in [-0.05, 0) is 49.1 Å². The highest BCUT2D eigenvalue weighted by Crippen LogP contribution is 2.43. The number of aromatic carboxylic acids is 1. The molecule has 0 atom stereocenters. The van der Waals surface area contributed by atoms with Crippen LogP contribution in [0.4, 0.5) is 0 Å². The second-order valence-corrected chi connectivity index (χ2v) is 9.44. The molecule has 0 radical (unpaired) electrons. The standard InChI is InChI=1S/C27H21BrN2O6/c1-13(12-31)5-6-14-3-2-4-16-19(11-30-22(14)16)23(32)26-24(33)21(25(36-26)27(34)35)18-10-29-20-8-7-15(28)9-17(18)20/h2-4,7-12,29-31,33H,5-6H2,1H3,(H,34,35)/b13-12-. The lowest BCUT2D eigenvalue weighted by atomic mass is 10.00. The molecule has 0 saturated heterocycles. The molecule has 0 fully saturated rings. The van der Waals surface area contributed by atoms with E-state index in [-0.39, 0.29) is 11.1 Å². The van der Waals surface area contributed by atoms with E-state index in [2.05, 4.69) is 25.9 Å². The van der Waals surface area contributed by atoms with Crippen LogP contribution < -0.4 is 0 Å². The number of carboxylic acids is 1. The van der Waals surface area contributed by atoms with Crippen LogP contribution in [0, 0.1) is 0 Å². The molecule has 9 heteroatoms. The Morgan fingerprint density at radius 2 is 1.89 bits per heavy atom. The van der Waals surface area contributed by atoms with Crippen molar-refractivity contribution in [3.8, 4) is 16.9 Å². The fourth-order valence-corrected chi connectivity index (χ4v) is 4.77. The molecule has 5 N–H and O–H groups in total. The van der Waals surface area contributed by atoms with Crippen LogP contribution in [-0.4, -0.2) is 37.0 Å². The Labute approximate surface area is 213 Å². The van der Waals surface area contributed by atoms with Gasteiger partial charge in [0.25, 0.3) is 0 Å². The van der Waals surface area contributed by atoms with Gasteiger partial charge in [0.2, 0.25) is 17.3 Å². The number of aromatic nitrogens is 2. The minimum Gasteiger partial charge on any atom is -0.516 e. The van der Waals surface area contributed by atoms with Crippen molar-refractivity contribution >= 4 is 49.5 Å². The lowest BCUT2D eigenvalue weighted by Crippen LogP contribution is -2.00. The number of rotatable bonds is 7. The number of furan rings is 1. The number of carboxylic acid groups (broad SMARTS) is 1. The molecule has 0 unspecified atom stereocenters. The number of carbonyl (C=O) groups excluding carboxylic acids is 1. The molecule has 3 aromatic heterocycles. The summed E-state index contributed by atoms with van der Waals surface area (Å²) in [5, 5.41) is 31.3. The Morgan fingerprint density at radius 1 is 1.08 bits per heavy atom. The van der Waals surface area contributed by atoms with Crippen LogP contribution in [0.1, 0.15) is 45.6 Å². The van der Waals surface area contributed by atoms with E-state index in [4.69, 9.17) is 9.52 Å². The van der Waals surface area contributed by atoms with Crippen molar-refractivity contribution in [1.29, 1.82) is 0 Å². The zero-order chi connectivity index (χ0) is 25.6. The van der Waals surface area contributed by atoms with E-state index in [1.165, 1.54) is 6.20 Å². The first kappa shape index (κ1) is 23.5. The maximum atomic E-state index is 13.5. The number of fused-ring (bicyclic) bond motifs is 2. The lowest BCUT2D eigenvalue weighted by Gasteiger charge is -2.04. The van der Waals surface area contributed by atoms with Gasteiger partial charge in [-0.1, -0.05) is 34.1 Å². The van der Waals surface area contributed by atoms with Gasteiger partial charge >= 0.3 is 5.97 Å². The number of aromatic hydroxyl groups is 1. The quantitative estimate of drug-likeness (QED) is 0.113. The summed E-state index contributed by atoms with van der Waals surface area (Å²) in [5.74, 6) is -3.55. The molecule has 5 rings (SSSR count). The molecule has 0 amide bonds. The van der Waals surface area contributed by atoms with Gasteiger partial charge in [-0.15, -0.1) is 0 Å². The second-order valence-electron chi connectivity index (χ2n) is 8.53. The number of ketones is 1. The Bertz CT molecular complexity index is 1690. The van der Waals surface area contributed by atoms with Gasteiger partial charge in [0.05, 0.1) is 17.4 Å². The van der Waals surface area contributed by atoms with Crippen LogP contribution >= 0.6 is 15.9 Å². The first-order valence-electron chi connectivity index (χ1n) is 11.1. The minimum atomic E-state index is -1.41. The number of halogens is 1. The number of aromatic amines is 2. The third-order valence-electron chi connectivity index (χ3n) is 6.25. The van der Waals surface area contributed by atoms with Crippen LogP contribution in [0.25, 0.3) is 32.9 Å². The summed E-state index contributed by atoms with van der Waals surface area (Å²) >= 11 is 3.41. The molecule has 36 heavy (non-hydrogen) atoms. The summed E-state index contributed by atoms with van der Waals surface area (Å²) < 4.78 is 6.26. The predicted molar refractivity (Wildman–Crippen MR) is 139 cm³/mol. The predicted octanol–water partition coefficient (Wildman–Crippen LogP) is 6.70. The molecule has 2 aromatic carbocycles. The molecule has 8 nitrogen and oxygen atoms in total. The summed E-state index contributed by atoms with van der Waals surface area (Å²) in [4.78, 5) is 31.7. The average molecular weight is 549 g/mol. The summed E-state index contributed by atoms with van der Waals surface area (Å²) in [5.41, 5.74) is 3.84. The number of hydrogen-bond acceptors (Lipinski definition) is 5. The molecule has 0 bridgehead atoms. The average Bonchev–Trinajstić information content (AvgIpc) is 3.57. The fraction of sp³-hybridized carbons (Fsp3) is 0.111. The Hall–Kier alpha value is -4.24. The number of hydrogen-bond donors (Lipinski definition) is 5. The smallest absolute Gasteiger partial charge is 0.372 e. The third kappa shape index (κ3) is 3.87. The van der Waals surface area contributed by atoms with Crippen molar-refractivity contribution in [3.05, 3.63) is 87.7 Å². The van der Waals surface area contributed by atoms with E-state index in [0.717, 1.165) is 32.9 Å². The van der Waals surface area contributed by atoms with E-state index in [9.17, 15) is 19.8 Å². The molecule has 5 aromatic rings. The van der Waals surface area contributed by atoms with Gasteiger partial charge < -0.3 is 29.7 Å². The van der Waals surface area contributed by atoms with Crippen molar-refractivity contribution in [2.24, 2.45) is 0 Å². The summed E-state index contributed by atoms with van der Waals surface area (Å²) in [6.45, 7) is 1.83. The number of nitrogens with one attached hydrogen (secondary N) is 2. The minimum absolute atomic E-state index is 0.0676. The summed E-state index contributed by atoms with van der Waals surface area (Å²) in [6, 6.07) is 11.0. The summed E-state index contributed by atoms with van der Waals surface area (Å²) in [6.07, 6.45) is 5.46. The van der Waals surface area contributed by atoms with Gasteiger partial charge in [-0.3, -0.25) is 4.79 Å². The number of aliphatic hydroxyl groups excluding tert-OH is 1. The molecule has 182 valence electrons. The highest BCUT2D eigenvalue weighted by atomic mass is 79.9. The first-order chi connectivity index (χ1) is 17.3. The maximum absolute atomic E-state index is 13.5. The van der Waals surface area contributed by atoms with E-state index in [0.29, 0.717) is 29.2 Å². The highest BCUT2D eigenvalue weighted by Gasteiger charge is 2.32. The number of aryl methyl sites for hydroxylation is 1. The zero-order valence-corrected chi connectivity index (χ0v) is 20.6. The topological polar surface area (TPSA) is 140 Å². The number of H-pyrrole nitrogens is 2. The van der Waals surface area contributed by atoms with Crippen LogP contribution in [0.5, 0.6) is 5.75 Å². The van der Waals surface area contributed by atoms with Gasteiger partial charge in [-0.2, -0.15) is 0 Å². The maximum Gasteiger partial charge on any atom is 0.372 e. The van der Waals surface area contributed by atoms with Crippen molar-refractivity contribution in [2.45, 2.75) is 19.8 Å². The number of allylic oxidation sites excluding steroid dienone is 1. The molecular weight excluding hydrogens is 528 g/mol. The van der Waals surface area contributed by atoms with E-state index < -0.39 is 29.0 Å². The molecule has 0 spiro atoms. The lowest BCUT2D eigenvalue weighted by molar-refractivity contribution is 0.0661. The molecule has 0 aliphatic heterocycles. The van der Waals surface area contributed by atoms with Gasteiger partial charge in [0, 0.05) is 44.2 Å². The largest absolute Gasteiger partial charge is 0.516 e. The Balaban J connectivity index is 1.61. The Kier molecular flexibility index (Phi) is 5.93. The Morgan fingerprint density at radius 3 is 2.64 bits per heavy atom. The monoisotopic (exact) mass is 548 g/mol. The third-order valence-corrected chi connectivity index (χ3v) is 6.75. The number of aliphatic hydroxyl groups is 1. The summed E-state index contributed by atoms with van der Waals surface area (Å²) in [7, 11) is 0. The number of para-hydroxylation sites is 1. The van der Waals surface area contributed by atoms with Crippen LogP contribution in [0.2, 0.25) is 0 Å². The van der Waals surface area contributed by atoms with Crippen LogP contribution in [-0.2, 0) is 6.42 Å². The molecular formula is C27H21BrN2O6. The number of carbonyl (C=O) groups is 2. The van der Waals surface area contributed by atoms with Gasteiger partial charge in [0.15, 0.2) is 5.75 Å². The molecule has 3 heterocycles. The fourth-order valence-electron chi connectivity index (χ4n) is 4.41. The van der Waals surface area contributed by atoms with Crippen LogP contribution in [0.15, 0.2) is 69.5 Å². The van der Waals surface area contributed by atoms with Crippen molar-refractivity contribution in [1.82, 2.24) is 9.97 Å². The van der Waals surface area contributed by atoms with Crippen molar-refractivity contribution in [3.63, 3.8) is 0 Å². The van der Waals surface area contributed by atoms with Crippen molar-refractivity contribution < 1.29 is 29.3 Å². The highest BCUT2D eigenvalue weighted by molar-refractivity contribution is 9.10. The number of benzene rings is 2. The molecule has 0 aliphatic rings. The first-order valence-corrected chi connectivity index (χ1v) is 11.9. The zero-order valence-electron chi connectivity index (χ0n) is 19.1. The SMILES string of the molecule is C/C(=C/O)CCc1cccc2c(C(=O)c3oc(C(=O)O)c(-c4c[nH]c5ccc(Br)cc45)c3O)c[nH]c12. The molecule has 0 saturated carbocycles. The van der Waals surface area contributed by atoms with E-state index in [1.54, 1.807) is 18.3 Å². The second kappa shape index (κ2) is 9.09. The van der Waals surface area contributed by atoms with E-state index in [1.807, 2.05) is 31.2 Å².